The molecule has 0 saturated carbocycles. The lowest BCUT2D eigenvalue weighted by atomic mass is 10.0. The van der Waals surface area contributed by atoms with Crippen LogP contribution in [0.4, 0.5) is 5.69 Å². The summed E-state index contributed by atoms with van der Waals surface area (Å²) in [4.78, 5) is 2.48. The van der Waals surface area contributed by atoms with E-state index < -0.39 is 0 Å². The van der Waals surface area contributed by atoms with Crippen molar-refractivity contribution in [3.8, 4) is 0 Å². The number of anilines is 1. The first-order chi connectivity index (χ1) is 10.1. The summed E-state index contributed by atoms with van der Waals surface area (Å²) < 4.78 is 6.92. The number of hydrogen-bond acceptors (Lipinski definition) is 3. The molecule has 0 bridgehead atoms. The number of hydrogen-bond donors (Lipinski definition) is 1. The van der Waals surface area contributed by atoms with Crippen molar-refractivity contribution in [1.29, 1.82) is 0 Å². The summed E-state index contributed by atoms with van der Waals surface area (Å²) in [7, 11) is 0. The molecule has 1 heterocycles. The van der Waals surface area contributed by atoms with E-state index in [0.717, 1.165) is 43.6 Å². The average molecular weight is 355 g/mol. The summed E-state index contributed by atoms with van der Waals surface area (Å²) >= 11 is 3.61. The highest BCUT2D eigenvalue weighted by molar-refractivity contribution is 9.10. The molecule has 1 aliphatic rings. The molecule has 2 rings (SSSR count). The second-order valence-corrected chi connectivity index (χ2v) is 6.78. The van der Waals surface area contributed by atoms with Crippen LogP contribution in [0.1, 0.15) is 45.2 Å². The van der Waals surface area contributed by atoms with E-state index >= 15 is 0 Å². The number of rotatable bonds is 5. The van der Waals surface area contributed by atoms with E-state index in [1.54, 1.807) is 0 Å². The largest absolute Gasteiger partial charge is 0.377 e. The number of ether oxygens (including phenoxy) is 1. The summed E-state index contributed by atoms with van der Waals surface area (Å²) in [5, 5.41) is 3.60. The van der Waals surface area contributed by atoms with Crippen LogP contribution in [0.3, 0.4) is 0 Å². The van der Waals surface area contributed by atoms with Crippen LogP contribution < -0.4 is 10.2 Å². The lowest BCUT2D eigenvalue weighted by Crippen LogP contribution is -2.32. The fourth-order valence-corrected chi connectivity index (χ4v) is 3.22. The zero-order valence-corrected chi connectivity index (χ0v) is 14.9. The highest BCUT2D eigenvalue weighted by atomic mass is 79.9. The Morgan fingerprint density at radius 2 is 2.29 bits per heavy atom. The van der Waals surface area contributed by atoms with E-state index in [2.05, 4.69) is 65.1 Å². The summed E-state index contributed by atoms with van der Waals surface area (Å²) in [5.41, 5.74) is 2.71. The van der Waals surface area contributed by atoms with E-state index in [1.807, 2.05) is 0 Å². The second kappa shape index (κ2) is 8.16. The molecule has 2 atom stereocenters. The highest BCUT2D eigenvalue weighted by Crippen LogP contribution is 2.30. The molecule has 3 nitrogen and oxygen atoms in total. The third kappa shape index (κ3) is 4.70. The van der Waals surface area contributed by atoms with Gasteiger partial charge in [-0.05, 0) is 57.0 Å². The van der Waals surface area contributed by atoms with E-state index in [9.17, 15) is 0 Å². The molecule has 1 aromatic rings. The Hall–Kier alpha value is -0.580. The van der Waals surface area contributed by atoms with Crippen molar-refractivity contribution in [3.05, 3.63) is 28.2 Å². The molecule has 21 heavy (non-hydrogen) atoms. The molecule has 0 amide bonds. The zero-order chi connectivity index (χ0) is 15.2. The predicted molar refractivity (Wildman–Crippen MR) is 93.1 cm³/mol. The lowest BCUT2D eigenvalue weighted by Gasteiger charge is -2.29. The first kappa shape index (κ1) is 16.8. The molecule has 4 heteroatoms. The Morgan fingerprint density at radius 3 is 3.05 bits per heavy atom. The van der Waals surface area contributed by atoms with Gasteiger partial charge in [-0.3, -0.25) is 0 Å². The Kier molecular flexibility index (Phi) is 6.52. The Labute approximate surface area is 137 Å². The standard InChI is InChI=1S/C17H27BrN2O/c1-4-8-19-14(3)16-11-15(18)6-7-17(16)20-9-5-10-21-13(2)12-20/h6-7,11,13-14,19H,4-5,8-10,12H2,1-3H3. The van der Waals surface area contributed by atoms with Gasteiger partial charge in [0.2, 0.25) is 0 Å². The second-order valence-electron chi connectivity index (χ2n) is 5.86. The van der Waals surface area contributed by atoms with Crippen molar-refractivity contribution in [1.82, 2.24) is 5.32 Å². The maximum atomic E-state index is 5.78. The Bertz CT molecular complexity index is 452. The van der Waals surface area contributed by atoms with Gasteiger partial charge in [0.05, 0.1) is 6.10 Å². The normalized spacial score (nSPS) is 21.1. The van der Waals surface area contributed by atoms with Gasteiger partial charge < -0.3 is 15.0 Å². The minimum absolute atomic E-state index is 0.294. The Balaban J connectivity index is 2.24. The predicted octanol–water partition coefficient (Wildman–Crippen LogP) is 4.12. The topological polar surface area (TPSA) is 24.5 Å². The maximum Gasteiger partial charge on any atom is 0.0721 e. The molecule has 1 saturated heterocycles. The van der Waals surface area contributed by atoms with Crippen LogP contribution >= 0.6 is 15.9 Å². The smallest absolute Gasteiger partial charge is 0.0721 e. The summed E-state index contributed by atoms with van der Waals surface area (Å²) in [6.45, 7) is 10.6. The van der Waals surface area contributed by atoms with Crippen LogP contribution in [0.2, 0.25) is 0 Å². The van der Waals surface area contributed by atoms with Gasteiger partial charge >= 0.3 is 0 Å². The molecule has 0 aromatic heterocycles. The molecule has 1 N–H and O–H groups in total. The van der Waals surface area contributed by atoms with Gasteiger partial charge in [0.15, 0.2) is 0 Å². The number of halogens is 1. The van der Waals surface area contributed by atoms with Gasteiger partial charge in [-0.25, -0.2) is 0 Å². The fourth-order valence-electron chi connectivity index (χ4n) is 2.84. The van der Waals surface area contributed by atoms with Gasteiger partial charge in [-0.2, -0.15) is 0 Å². The van der Waals surface area contributed by atoms with Crippen LogP contribution in [-0.4, -0.2) is 32.3 Å². The van der Waals surface area contributed by atoms with Crippen LogP contribution in [-0.2, 0) is 4.74 Å². The number of benzene rings is 1. The first-order valence-electron chi connectivity index (χ1n) is 8.01. The van der Waals surface area contributed by atoms with E-state index in [-0.39, 0.29) is 0 Å². The van der Waals surface area contributed by atoms with Gasteiger partial charge in [0, 0.05) is 35.9 Å². The van der Waals surface area contributed by atoms with Crippen molar-refractivity contribution in [3.63, 3.8) is 0 Å². The van der Waals surface area contributed by atoms with Gasteiger partial charge in [0.25, 0.3) is 0 Å². The van der Waals surface area contributed by atoms with Gasteiger partial charge in [-0.15, -0.1) is 0 Å². The molecule has 2 unspecified atom stereocenters. The summed E-state index contributed by atoms with van der Waals surface area (Å²) in [6, 6.07) is 6.99. The van der Waals surface area contributed by atoms with Crippen molar-refractivity contribution in [2.45, 2.75) is 45.8 Å². The summed E-state index contributed by atoms with van der Waals surface area (Å²) in [5.74, 6) is 0. The molecule has 1 aliphatic heterocycles. The highest BCUT2D eigenvalue weighted by Gasteiger charge is 2.20. The van der Waals surface area contributed by atoms with E-state index in [4.69, 9.17) is 4.74 Å². The quantitative estimate of drug-likeness (QED) is 0.860. The first-order valence-corrected chi connectivity index (χ1v) is 8.80. The maximum absolute atomic E-state index is 5.78. The van der Waals surface area contributed by atoms with Crippen LogP contribution in [0, 0.1) is 0 Å². The lowest BCUT2D eigenvalue weighted by molar-refractivity contribution is 0.0820. The molecular weight excluding hydrogens is 328 g/mol. The SMILES string of the molecule is CCCNC(C)c1cc(Br)ccc1N1CCCOC(C)C1. The van der Waals surface area contributed by atoms with E-state index in [0.29, 0.717) is 12.1 Å². The minimum Gasteiger partial charge on any atom is -0.377 e. The molecule has 0 spiro atoms. The zero-order valence-electron chi connectivity index (χ0n) is 13.4. The van der Waals surface area contributed by atoms with Crippen LogP contribution in [0.15, 0.2) is 22.7 Å². The Morgan fingerprint density at radius 1 is 1.48 bits per heavy atom. The monoisotopic (exact) mass is 354 g/mol. The third-order valence-corrected chi connectivity index (χ3v) is 4.44. The molecule has 1 fully saturated rings. The average Bonchev–Trinajstić information content (AvgIpc) is 2.69. The molecular formula is C17H27BrN2O. The molecule has 0 aliphatic carbocycles. The minimum atomic E-state index is 0.294. The van der Waals surface area contributed by atoms with E-state index in [1.165, 1.54) is 11.3 Å². The van der Waals surface area contributed by atoms with Crippen molar-refractivity contribution < 1.29 is 4.74 Å². The molecule has 0 radical (unpaired) electrons. The van der Waals surface area contributed by atoms with Crippen molar-refractivity contribution in [2.75, 3.05) is 31.1 Å². The molecule has 1 aromatic carbocycles. The van der Waals surface area contributed by atoms with Crippen LogP contribution in [0.25, 0.3) is 0 Å². The van der Waals surface area contributed by atoms with Crippen molar-refractivity contribution >= 4 is 21.6 Å². The fraction of sp³-hybridized carbons (Fsp3) is 0.647. The molecule has 118 valence electrons. The van der Waals surface area contributed by atoms with Gasteiger partial charge in [-0.1, -0.05) is 22.9 Å². The number of nitrogens with zero attached hydrogens (tertiary/aromatic N) is 1. The number of nitrogens with one attached hydrogen (secondary N) is 1. The van der Waals surface area contributed by atoms with Gasteiger partial charge in [0.1, 0.15) is 0 Å². The third-order valence-electron chi connectivity index (χ3n) is 3.95. The van der Waals surface area contributed by atoms with Crippen molar-refractivity contribution in [2.24, 2.45) is 0 Å². The van der Waals surface area contributed by atoms with Crippen LogP contribution in [0.5, 0.6) is 0 Å². The summed E-state index contributed by atoms with van der Waals surface area (Å²) in [6.07, 6.45) is 2.54.